The normalized spacial score (nSPS) is 24.1. The van der Waals surface area contributed by atoms with Crippen LogP contribution in [-0.2, 0) is 70.5 Å². The van der Waals surface area contributed by atoms with Gasteiger partial charge in [0.25, 0.3) is 0 Å². The summed E-state index contributed by atoms with van der Waals surface area (Å²) in [5.74, 6) is -4.37. The second kappa shape index (κ2) is 38.4. The minimum atomic E-state index is -1.68. The van der Waals surface area contributed by atoms with Gasteiger partial charge in [-0.05, 0) is 154 Å². The number of nitrogens with two attached hydrogens (primary N) is 3. The van der Waals surface area contributed by atoms with Crippen molar-refractivity contribution >= 4 is 86.8 Å². The Balaban J connectivity index is 0.959. The molecule has 0 radical (unpaired) electrons. The first-order valence-electron chi connectivity index (χ1n) is 36.6. The van der Waals surface area contributed by atoms with Crippen molar-refractivity contribution in [2.24, 2.45) is 28.1 Å². The molecule has 105 heavy (non-hydrogen) atoms. The average molecular weight is 1460 g/mol. The smallest absolute Gasteiger partial charge is 0.245 e. The number of aliphatic imine (C=N–C) groups is 1. The number of aliphatic hydroxyl groups excluding tert-OH is 1. The van der Waals surface area contributed by atoms with E-state index in [0.717, 1.165) is 41.6 Å². The van der Waals surface area contributed by atoms with Crippen molar-refractivity contribution in [3.63, 3.8) is 0 Å². The molecule has 18 N–H and O–H groups in total. The van der Waals surface area contributed by atoms with Crippen molar-refractivity contribution in [2.45, 2.75) is 163 Å². The van der Waals surface area contributed by atoms with Crippen LogP contribution in [0.25, 0.3) is 21.8 Å². The predicted octanol–water partition coefficient (Wildman–Crippen LogP) is 3.67. The van der Waals surface area contributed by atoms with Gasteiger partial charge in [-0.25, -0.2) is 4.39 Å². The number of unbranched alkanes of at least 4 members (excludes halogenated alkanes) is 1. The zero-order valence-electron chi connectivity index (χ0n) is 59.7. The number of H-pyrrole nitrogens is 2. The standard InChI is InChI=1S/C78H101FN16O9S/c1-47(96)69-77(104)93-63(40-50-28-30-54(79)31-29-50)70(97)84-33-14-12-24-60(83-35-36-105-46-51-37-57-56-22-15-26-59-68(56)53(44-87-59)42-67(57)95(2)45-51)71(98)88-62(27-16-34-85-78(81)82)72(99)90-64(38-48-17-5-3-6-18-48)74(101)91-65(39-49-19-7-4-8-20-49)75(102)92-66(41-52-43-86-58-23-10-9-21-55(52)58)76(103)89-61(73(100)94-69)25-11-13-32-80/h3-10,15,17-23,26,28-31,43-44,47,51,57,60-67,69,83,86-87,96H,11-14,16,24-25,27,32-42,45-46,80H2,1-2H3,(H,84,97)(H,88,98)(H,89,103)(H,90,99)(H,91,101)(H,92,102)(H,93,104)(H,94,100)(H4,81,82,85)/t47-,51-,57-,60-,61+,62+,63+,64+,65+,66-,67-,69+/m1/s1. The van der Waals surface area contributed by atoms with E-state index < -0.39 is 108 Å². The Morgan fingerprint density at radius 3 is 1.84 bits per heavy atom. The Labute approximate surface area is 615 Å². The minimum absolute atomic E-state index is 0.00203. The van der Waals surface area contributed by atoms with Gasteiger partial charge in [0.1, 0.15) is 48.1 Å². The summed E-state index contributed by atoms with van der Waals surface area (Å²) in [5.41, 5.74) is 24.5. The number of para-hydroxylation sites is 1. The first kappa shape index (κ1) is 77.9. The van der Waals surface area contributed by atoms with Gasteiger partial charge in [-0.15, -0.1) is 0 Å². The van der Waals surface area contributed by atoms with Gasteiger partial charge in [0, 0.05) is 104 Å². The number of aliphatic hydroxyl groups is 1. The lowest BCUT2D eigenvalue weighted by molar-refractivity contribution is -0.136. The van der Waals surface area contributed by atoms with E-state index in [1.807, 2.05) is 30.3 Å². The number of halogens is 1. The highest BCUT2D eigenvalue weighted by Crippen LogP contribution is 2.45. The minimum Gasteiger partial charge on any atom is -0.391 e. The van der Waals surface area contributed by atoms with E-state index in [-0.39, 0.29) is 77.0 Å². The molecule has 2 fully saturated rings. The fourth-order valence-corrected chi connectivity index (χ4v) is 15.6. The van der Waals surface area contributed by atoms with Crippen LogP contribution in [0, 0.1) is 11.7 Å². The maximum atomic E-state index is 15.4. The number of likely N-dealkylation sites (tertiary alicyclic amines) is 1. The SMILES string of the molecule is C[C@@H](O)[C@@H]1NC(=O)[C@H](CCCCN)NC(=O)[C@@H](Cc2c[nH]c3ccccc23)NC(=O)[C@H](Cc2ccccc2)NC(=O)[C@H](Cc2ccccc2)NC(=O)[C@H](CCCN=C(N)N)NC(=O)[C@H](NCCSC[C@@H]2C[C@@H]3c4cccc5[nH]cc(c45)C[C@H]3N(C)C2)CCCCNC(=O)[C@H](Cc2ccc(F)cc2)NC1=O. The largest absolute Gasteiger partial charge is 0.391 e. The predicted molar refractivity (Wildman–Crippen MR) is 406 cm³/mol. The molecule has 27 heteroatoms. The molecular weight excluding hydrogens is 1360 g/mol. The maximum absolute atomic E-state index is 15.4. The molecule has 4 heterocycles. The van der Waals surface area contributed by atoms with Gasteiger partial charge in [0.05, 0.1) is 12.1 Å². The third-order valence-corrected chi connectivity index (χ3v) is 21.3. The molecule has 3 aliphatic rings. The van der Waals surface area contributed by atoms with Crippen molar-refractivity contribution in [1.82, 2.24) is 62.7 Å². The molecule has 8 amide bonds. The van der Waals surface area contributed by atoms with E-state index >= 15 is 24.0 Å². The van der Waals surface area contributed by atoms with Crippen LogP contribution in [0.5, 0.6) is 0 Å². The number of benzene rings is 5. The quantitative estimate of drug-likeness (QED) is 0.0247. The van der Waals surface area contributed by atoms with Gasteiger partial charge in [-0.3, -0.25) is 43.3 Å². The zero-order chi connectivity index (χ0) is 74.4. The second-order valence-electron chi connectivity index (χ2n) is 28.0. The van der Waals surface area contributed by atoms with Crippen molar-refractivity contribution < 1.29 is 47.9 Å². The number of piperidine rings is 1. The molecule has 2 aliphatic heterocycles. The molecule has 25 nitrogen and oxygen atoms in total. The number of aromatic amines is 2. The number of hydrogen-bond acceptors (Lipinski definition) is 14. The van der Waals surface area contributed by atoms with Gasteiger partial charge in [-0.1, -0.05) is 103 Å². The van der Waals surface area contributed by atoms with Gasteiger partial charge < -0.3 is 85.0 Å². The third-order valence-electron chi connectivity index (χ3n) is 20.1. The molecule has 0 bridgehead atoms. The zero-order valence-corrected chi connectivity index (χ0v) is 60.5. The highest BCUT2D eigenvalue weighted by atomic mass is 32.2. The molecule has 10 rings (SSSR count). The van der Waals surface area contributed by atoms with E-state index in [1.165, 1.54) is 47.7 Å². The number of likely N-dealkylation sites (N-methyl/N-ethyl adjacent to an activating group) is 1. The van der Waals surface area contributed by atoms with Gasteiger partial charge in [-0.2, -0.15) is 11.8 Å². The fraction of sp³-hybridized carbons (Fsp3) is 0.449. The number of rotatable bonds is 23. The Bertz CT molecular complexity index is 4100. The highest BCUT2D eigenvalue weighted by Gasteiger charge is 2.41. The number of nitrogens with one attached hydrogen (secondary N) is 11. The van der Waals surface area contributed by atoms with E-state index in [9.17, 15) is 23.9 Å². The Morgan fingerprint density at radius 2 is 1.18 bits per heavy atom. The van der Waals surface area contributed by atoms with Crippen LogP contribution >= 0.6 is 11.8 Å². The molecule has 7 aromatic rings. The van der Waals surface area contributed by atoms with Crippen LogP contribution in [-0.4, -0.2) is 185 Å². The number of guanidine groups is 1. The number of aromatic nitrogens is 2. The topological polar surface area (TPSA) is 390 Å². The van der Waals surface area contributed by atoms with Gasteiger partial charge in [0.2, 0.25) is 47.3 Å². The maximum Gasteiger partial charge on any atom is 0.245 e. The summed E-state index contributed by atoms with van der Waals surface area (Å²) < 4.78 is 14.3. The summed E-state index contributed by atoms with van der Waals surface area (Å²) in [6.45, 7) is 3.08. The van der Waals surface area contributed by atoms with Gasteiger partial charge in [0.15, 0.2) is 5.96 Å². The molecule has 0 saturated carbocycles. The van der Waals surface area contributed by atoms with Crippen molar-refractivity contribution in [3.05, 3.63) is 179 Å². The second-order valence-corrected chi connectivity index (χ2v) is 29.1. The first-order chi connectivity index (χ1) is 50.8. The molecule has 12 atom stereocenters. The Hall–Kier alpha value is -9.67. The number of carbonyl (C=O) groups is 8. The molecule has 2 aromatic heterocycles. The number of thioether (sulfide) groups is 1. The van der Waals surface area contributed by atoms with Crippen LogP contribution in [0.4, 0.5) is 4.39 Å². The number of fused-ring (bicyclic) bond motifs is 3. The van der Waals surface area contributed by atoms with E-state index in [4.69, 9.17) is 17.2 Å². The summed E-state index contributed by atoms with van der Waals surface area (Å²) in [6.07, 6.45) is 5.90. The first-order valence-corrected chi connectivity index (χ1v) is 37.8. The number of carbonyl (C=O) groups excluding carboxylic acids is 8. The van der Waals surface area contributed by atoms with E-state index in [1.54, 1.807) is 72.6 Å². The van der Waals surface area contributed by atoms with Crippen molar-refractivity contribution in [2.75, 3.05) is 51.3 Å². The van der Waals surface area contributed by atoms with Crippen molar-refractivity contribution in [1.29, 1.82) is 0 Å². The lowest BCUT2D eigenvalue weighted by atomic mass is 9.73. The average Bonchev–Trinajstić information content (AvgIpc) is 1.68. The summed E-state index contributed by atoms with van der Waals surface area (Å²) in [5, 5.41) is 39.7. The lowest BCUT2D eigenvalue weighted by Gasteiger charge is -2.45. The number of nitrogens with zero attached hydrogens (tertiary/aromatic N) is 2. The monoisotopic (exact) mass is 1460 g/mol. The summed E-state index contributed by atoms with van der Waals surface area (Å²) >= 11 is 1.81. The summed E-state index contributed by atoms with van der Waals surface area (Å²) in [7, 11) is 2.22. The number of amides is 8. The molecule has 1 aliphatic carbocycles. The number of hydrogen-bond donors (Lipinski definition) is 15. The third kappa shape index (κ3) is 22.0. The van der Waals surface area contributed by atoms with Crippen LogP contribution in [0.15, 0.2) is 145 Å². The van der Waals surface area contributed by atoms with E-state index in [2.05, 4.69) is 99.2 Å². The fourth-order valence-electron chi connectivity index (χ4n) is 14.6. The van der Waals surface area contributed by atoms with Crippen LogP contribution in [0.2, 0.25) is 0 Å². The van der Waals surface area contributed by atoms with Crippen LogP contribution < -0.4 is 65.1 Å². The van der Waals surface area contributed by atoms with Crippen LogP contribution in [0.1, 0.15) is 104 Å². The lowest BCUT2D eigenvalue weighted by Crippen LogP contribution is -2.62. The molecule has 5 aromatic carbocycles. The van der Waals surface area contributed by atoms with Gasteiger partial charge >= 0.3 is 0 Å². The Kier molecular flexibility index (Phi) is 28.5. The molecular formula is C78H101FN16O9S. The molecule has 560 valence electrons. The molecule has 0 unspecified atom stereocenters. The molecule has 0 spiro atoms. The summed E-state index contributed by atoms with van der Waals surface area (Å²) in [6, 6.07) is 26.9. The van der Waals surface area contributed by atoms with E-state index in [0.29, 0.717) is 78.1 Å². The highest BCUT2D eigenvalue weighted by molar-refractivity contribution is 7.99. The molecule has 2 saturated heterocycles. The summed E-state index contributed by atoms with van der Waals surface area (Å²) in [4.78, 5) is 133. The Morgan fingerprint density at radius 1 is 0.619 bits per heavy atom. The van der Waals surface area contributed by atoms with Crippen molar-refractivity contribution in [3.8, 4) is 0 Å². The van der Waals surface area contributed by atoms with Crippen LogP contribution in [0.3, 0.4) is 0 Å².